The molecule has 3 amide bonds. The van der Waals surface area contributed by atoms with Crippen LogP contribution in [0.15, 0.2) is 36.4 Å². The van der Waals surface area contributed by atoms with Crippen molar-refractivity contribution in [1.82, 2.24) is 15.1 Å². The number of nitrogens with one attached hydrogen (secondary N) is 1. The van der Waals surface area contributed by atoms with Crippen LogP contribution in [0.25, 0.3) is 0 Å². The number of carbonyl (C=O) groups excluding carboxylic acids is 3. The summed E-state index contributed by atoms with van der Waals surface area (Å²) in [5, 5.41) is 12.7. The minimum Gasteiger partial charge on any atom is -0.300 e. The number of fused-ring (bicyclic) bond motifs is 5. The average Bonchev–Trinajstić information content (AvgIpc) is 3.53. The quantitative estimate of drug-likeness (QED) is 0.487. The Balaban J connectivity index is 1.41. The smallest absolute Gasteiger partial charge is 0.234 e. The maximum Gasteiger partial charge on any atom is 0.234 e. The molecule has 32 heavy (non-hydrogen) atoms. The molecule has 1 saturated heterocycles. The van der Waals surface area contributed by atoms with Crippen LogP contribution < -0.4 is 5.32 Å². The second-order valence-electron chi connectivity index (χ2n) is 8.62. The molecular weight excluding hydrogens is 448 g/mol. The third-order valence-corrected chi connectivity index (χ3v) is 7.74. The van der Waals surface area contributed by atoms with Crippen LogP contribution in [0.4, 0.5) is 5.13 Å². The number of benzene rings is 1. The largest absolute Gasteiger partial charge is 0.300 e. The van der Waals surface area contributed by atoms with Crippen molar-refractivity contribution in [2.75, 3.05) is 5.32 Å². The zero-order chi connectivity index (χ0) is 22.4. The van der Waals surface area contributed by atoms with Crippen molar-refractivity contribution in [1.29, 1.82) is 0 Å². The van der Waals surface area contributed by atoms with Gasteiger partial charge in [-0.25, -0.2) is 0 Å². The Morgan fingerprint density at radius 1 is 1.22 bits per heavy atom. The van der Waals surface area contributed by atoms with E-state index in [1.807, 2.05) is 0 Å². The molecule has 2 bridgehead atoms. The second-order valence-corrected chi connectivity index (χ2v) is 10.1. The number of aryl methyl sites for hydroxylation is 1. The molecule has 2 heterocycles. The summed E-state index contributed by atoms with van der Waals surface area (Å²) in [5.74, 6) is -1.11. The summed E-state index contributed by atoms with van der Waals surface area (Å²) < 4.78 is 0. The van der Waals surface area contributed by atoms with Crippen molar-refractivity contribution in [2.45, 2.75) is 38.6 Å². The van der Waals surface area contributed by atoms with Crippen molar-refractivity contribution in [3.05, 3.63) is 52.0 Å². The molecule has 7 nitrogen and oxygen atoms in total. The lowest BCUT2D eigenvalue weighted by Crippen LogP contribution is -2.38. The second kappa shape index (κ2) is 8.41. The summed E-state index contributed by atoms with van der Waals surface area (Å²) in [6.45, 7) is 2.05. The number of imide groups is 1. The zero-order valence-corrected chi connectivity index (χ0v) is 19.1. The molecule has 2 fully saturated rings. The Morgan fingerprint density at radius 3 is 2.59 bits per heavy atom. The highest BCUT2D eigenvalue weighted by Crippen LogP contribution is 2.54. The summed E-state index contributed by atoms with van der Waals surface area (Å²) in [6.07, 6.45) is 6.66. The first kappa shape index (κ1) is 21.3. The number of anilines is 1. The highest BCUT2D eigenvalue weighted by atomic mass is 35.5. The number of aromatic nitrogens is 2. The van der Waals surface area contributed by atoms with E-state index in [0.717, 1.165) is 24.3 Å². The van der Waals surface area contributed by atoms with Crippen LogP contribution in [0.1, 0.15) is 42.8 Å². The lowest BCUT2D eigenvalue weighted by Gasteiger charge is -2.28. The predicted octanol–water partition coefficient (Wildman–Crippen LogP) is 4.02. The lowest BCUT2D eigenvalue weighted by molar-refractivity contribution is -0.144. The Hall–Kier alpha value is -2.58. The molecule has 2 aromatic rings. The first-order chi connectivity index (χ1) is 15.5. The van der Waals surface area contributed by atoms with Gasteiger partial charge in [0.05, 0.1) is 24.3 Å². The van der Waals surface area contributed by atoms with Crippen molar-refractivity contribution in [2.24, 2.45) is 23.7 Å². The van der Waals surface area contributed by atoms with Gasteiger partial charge in [0, 0.05) is 11.4 Å². The minimum atomic E-state index is -0.721. The Kier molecular flexibility index (Phi) is 5.59. The molecule has 3 aliphatic rings. The number of likely N-dealkylation sites (tertiary alicyclic amines) is 1. The molecule has 1 aromatic carbocycles. The molecule has 0 spiro atoms. The van der Waals surface area contributed by atoms with Gasteiger partial charge in [-0.3, -0.25) is 19.3 Å². The van der Waals surface area contributed by atoms with E-state index in [1.54, 1.807) is 24.3 Å². The molecule has 166 valence electrons. The zero-order valence-electron chi connectivity index (χ0n) is 17.5. The van der Waals surface area contributed by atoms with Gasteiger partial charge >= 0.3 is 0 Å². The monoisotopic (exact) mass is 470 g/mol. The van der Waals surface area contributed by atoms with Crippen LogP contribution in [0, 0.1) is 23.7 Å². The van der Waals surface area contributed by atoms with E-state index in [-0.39, 0.29) is 47.8 Å². The van der Waals surface area contributed by atoms with Crippen LogP contribution in [0.3, 0.4) is 0 Å². The molecule has 1 N–H and O–H groups in total. The Morgan fingerprint density at radius 2 is 1.94 bits per heavy atom. The van der Waals surface area contributed by atoms with E-state index in [4.69, 9.17) is 11.6 Å². The highest BCUT2D eigenvalue weighted by molar-refractivity contribution is 7.15. The van der Waals surface area contributed by atoms with E-state index < -0.39 is 6.04 Å². The Bertz CT molecular complexity index is 1090. The SMILES string of the molecule is CCCc1nnc(NC(=O)CC(c2cccc(Cl)c2)N2C(=O)C3C4C=CC(C4)C3C2=O)s1. The van der Waals surface area contributed by atoms with Gasteiger partial charge in [0.1, 0.15) is 5.01 Å². The van der Waals surface area contributed by atoms with Gasteiger partial charge < -0.3 is 5.32 Å². The van der Waals surface area contributed by atoms with Crippen LogP contribution >= 0.6 is 22.9 Å². The Labute approximate surface area is 194 Å². The van der Waals surface area contributed by atoms with Gasteiger partial charge in [-0.2, -0.15) is 0 Å². The minimum absolute atomic E-state index is 0.0668. The molecule has 2 aliphatic carbocycles. The standard InChI is InChI=1S/C23H23ClN4O3S/c1-2-4-18-26-27-23(32-18)25-17(29)11-16(12-5-3-6-15(24)10-12)28-21(30)19-13-7-8-14(9-13)20(19)22(28)31/h3,5-8,10,13-14,16,19-20H,2,4,9,11H2,1H3,(H,25,27,29). The first-order valence-corrected chi connectivity index (χ1v) is 12.1. The topological polar surface area (TPSA) is 92.3 Å². The summed E-state index contributed by atoms with van der Waals surface area (Å²) in [5.41, 5.74) is 0.665. The molecule has 9 heteroatoms. The molecule has 1 aliphatic heterocycles. The van der Waals surface area contributed by atoms with E-state index in [0.29, 0.717) is 15.7 Å². The number of carbonyl (C=O) groups is 3. The van der Waals surface area contributed by atoms with Gasteiger partial charge in [0.15, 0.2) is 0 Å². The van der Waals surface area contributed by atoms with E-state index >= 15 is 0 Å². The van der Waals surface area contributed by atoms with Gasteiger partial charge in [0.25, 0.3) is 0 Å². The maximum atomic E-state index is 13.4. The maximum absolute atomic E-state index is 13.4. The van der Waals surface area contributed by atoms with Crippen LogP contribution in [0.2, 0.25) is 5.02 Å². The number of amides is 3. The van der Waals surface area contributed by atoms with E-state index in [9.17, 15) is 14.4 Å². The van der Waals surface area contributed by atoms with Gasteiger partial charge in [0.2, 0.25) is 22.9 Å². The van der Waals surface area contributed by atoms with Crippen molar-refractivity contribution >= 4 is 45.8 Å². The fourth-order valence-electron chi connectivity index (χ4n) is 5.27. The van der Waals surface area contributed by atoms with Gasteiger partial charge in [-0.15, -0.1) is 10.2 Å². The van der Waals surface area contributed by atoms with Crippen molar-refractivity contribution in [3.8, 4) is 0 Å². The normalized spacial score (nSPS) is 26.6. The number of hydrogen-bond donors (Lipinski definition) is 1. The van der Waals surface area contributed by atoms with Crippen molar-refractivity contribution in [3.63, 3.8) is 0 Å². The number of rotatable bonds is 7. The first-order valence-electron chi connectivity index (χ1n) is 10.9. The fraction of sp³-hybridized carbons (Fsp3) is 0.435. The number of hydrogen-bond acceptors (Lipinski definition) is 6. The number of halogens is 1. The predicted molar refractivity (Wildman–Crippen MR) is 121 cm³/mol. The highest BCUT2D eigenvalue weighted by Gasteiger charge is 2.60. The van der Waals surface area contributed by atoms with E-state index in [2.05, 4.69) is 34.6 Å². The van der Waals surface area contributed by atoms with Gasteiger partial charge in [-0.1, -0.05) is 54.1 Å². The van der Waals surface area contributed by atoms with Crippen LogP contribution in [-0.2, 0) is 20.8 Å². The van der Waals surface area contributed by atoms with Gasteiger partial charge in [-0.05, 0) is 42.4 Å². The third kappa shape index (κ3) is 3.65. The lowest BCUT2D eigenvalue weighted by atomic mass is 9.85. The summed E-state index contributed by atoms with van der Waals surface area (Å²) in [6, 6.07) is 6.29. The molecule has 5 atom stereocenters. The summed E-state index contributed by atoms with van der Waals surface area (Å²) >= 11 is 7.54. The molecular formula is C23H23ClN4O3S. The average molecular weight is 471 g/mol. The van der Waals surface area contributed by atoms with Crippen molar-refractivity contribution < 1.29 is 14.4 Å². The molecule has 1 saturated carbocycles. The summed E-state index contributed by atoms with van der Waals surface area (Å²) in [7, 11) is 0. The van der Waals surface area contributed by atoms with E-state index in [1.165, 1.54) is 16.2 Å². The number of allylic oxidation sites excluding steroid dienone is 2. The summed E-state index contributed by atoms with van der Waals surface area (Å²) in [4.78, 5) is 41.0. The van der Waals surface area contributed by atoms with Crippen LogP contribution in [-0.4, -0.2) is 32.8 Å². The molecule has 5 unspecified atom stereocenters. The third-order valence-electron chi connectivity index (χ3n) is 6.61. The fourth-order valence-corrected chi connectivity index (χ4v) is 6.33. The number of nitrogens with zero attached hydrogens (tertiary/aromatic N) is 3. The van der Waals surface area contributed by atoms with Crippen LogP contribution in [0.5, 0.6) is 0 Å². The molecule has 0 radical (unpaired) electrons. The molecule has 5 rings (SSSR count). The molecule has 1 aromatic heterocycles.